The van der Waals surface area contributed by atoms with Crippen LogP contribution in [0.4, 0.5) is 4.39 Å². The molecule has 1 aliphatic rings. The van der Waals surface area contributed by atoms with Gasteiger partial charge in [-0.15, -0.1) is 5.10 Å². The van der Waals surface area contributed by atoms with E-state index in [-0.39, 0.29) is 5.41 Å². The van der Waals surface area contributed by atoms with Crippen molar-refractivity contribution in [3.63, 3.8) is 0 Å². The third-order valence-corrected chi connectivity index (χ3v) is 6.20. The minimum Gasteiger partial charge on any atom is -0.303 e. The number of benzene rings is 1. The maximum absolute atomic E-state index is 13.8. The second kappa shape index (κ2) is 8.30. The van der Waals surface area contributed by atoms with Gasteiger partial charge < -0.3 is 4.90 Å². The number of piperidine rings is 1. The summed E-state index contributed by atoms with van der Waals surface area (Å²) in [5.74, 6) is 0.0158. The van der Waals surface area contributed by atoms with Crippen LogP contribution in [-0.4, -0.2) is 39.9 Å². The van der Waals surface area contributed by atoms with Crippen molar-refractivity contribution in [2.75, 3.05) is 19.6 Å². The zero-order chi connectivity index (χ0) is 18.6. The van der Waals surface area contributed by atoms with Gasteiger partial charge in [0.05, 0.1) is 0 Å². The van der Waals surface area contributed by atoms with Crippen molar-refractivity contribution in [3.05, 3.63) is 35.8 Å². The molecule has 3 rings (SSSR count). The molecule has 2 atom stereocenters. The van der Waals surface area contributed by atoms with Crippen LogP contribution in [0.25, 0.3) is 11.3 Å². The summed E-state index contributed by atoms with van der Waals surface area (Å²) in [6.45, 7) is 10.4. The highest BCUT2D eigenvalue weighted by atomic mass is 19.1. The van der Waals surface area contributed by atoms with Gasteiger partial charge >= 0.3 is 0 Å². The van der Waals surface area contributed by atoms with E-state index < -0.39 is 5.95 Å². The molecule has 0 bridgehead atoms. The number of likely N-dealkylation sites (tertiary alicyclic amines) is 1. The van der Waals surface area contributed by atoms with Gasteiger partial charge in [0, 0.05) is 12.1 Å². The van der Waals surface area contributed by atoms with Crippen molar-refractivity contribution in [3.8, 4) is 11.3 Å². The number of aromatic amines is 1. The Labute approximate surface area is 156 Å². The van der Waals surface area contributed by atoms with E-state index in [9.17, 15) is 4.39 Å². The predicted octanol–water partition coefficient (Wildman–Crippen LogP) is 4.79. The molecule has 1 fully saturated rings. The van der Waals surface area contributed by atoms with Crippen LogP contribution >= 0.6 is 0 Å². The summed E-state index contributed by atoms with van der Waals surface area (Å²) in [5.41, 5.74) is 2.48. The molecule has 0 aliphatic carbocycles. The number of unbranched alkanes of at least 4 members (excludes halogenated alkanes) is 3. The fourth-order valence-corrected chi connectivity index (χ4v) is 4.13. The molecule has 0 spiro atoms. The van der Waals surface area contributed by atoms with Crippen LogP contribution in [0.2, 0.25) is 0 Å². The lowest BCUT2D eigenvalue weighted by Crippen LogP contribution is -2.47. The zero-order valence-corrected chi connectivity index (χ0v) is 16.3. The number of aromatic nitrogens is 3. The van der Waals surface area contributed by atoms with Crippen molar-refractivity contribution in [2.24, 2.45) is 5.92 Å². The van der Waals surface area contributed by atoms with E-state index >= 15 is 0 Å². The number of H-pyrrole nitrogens is 1. The fourth-order valence-electron chi connectivity index (χ4n) is 4.13. The minimum atomic E-state index is -0.540. The Morgan fingerprint density at radius 1 is 1.27 bits per heavy atom. The van der Waals surface area contributed by atoms with Gasteiger partial charge in [0.2, 0.25) is 0 Å². The van der Waals surface area contributed by atoms with E-state index in [1.807, 2.05) is 12.1 Å². The van der Waals surface area contributed by atoms with Crippen LogP contribution in [0.15, 0.2) is 24.3 Å². The molecule has 1 N–H and O–H groups in total. The second-order valence-corrected chi connectivity index (χ2v) is 7.97. The Bertz CT molecular complexity index is 714. The van der Waals surface area contributed by atoms with Gasteiger partial charge in [-0.05, 0) is 48.9 Å². The molecule has 1 saturated heterocycles. The monoisotopic (exact) mass is 358 g/mol. The van der Waals surface area contributed by atoms with Crippen molar-refractivity contribution in [2.45, 2.75) is 58.3 Å². The summed E-state index contributed by atoms with van der Waals surface area (Å²) in [6, 6.07) is 8.18. The average Bonchev–Trinajstić information content (AvgIpc) is 3.08. The molecule has 1 aliphatic heterocycles. The average molecular weight is 359 g/mol. The van der Waals surface area contributed by atoms with Crippen molar-refractivity contribution in [1.29, 1.82) is 0 Å². The van der Waals surface area contributed by atoms with Gasteiger partial charge in [-0.1, -0.05) is 58.2 Å². The summed E-state index contributed by atoms with van der Waals surface area (Å²) in [7, 11) is 0. The van der Waals surface area contributed by atoms with Crippen LogP contribution in [-0.2, 0) is 5.41 Å². The lowest BCUT2D eigenvalue weighted by atomic mass is 9.67. The van der Waals surface area contributed by atoms with Crippen molar-refractivity contribution >= 4 is 0 Å². The Hall–Kier alpha value is -1.75. The fraction of sp³-hybridized carbons (Fsp3) is 0.619. The Kier molecular flexibility index (Phi) is 6.07. The standard InChI is InChI=1S/C21H31FN4/c1-4-5-6-7-12-26-13-11-21(3,16(2)15-26)18-10-8-9-17(14-18)19-20(22)24-25-23-19/h8-10,14,16H,4-7,11-13,15H2,1-3H3,(H,23,24,25). The number of hydrogen-bond donors (Lipinski definition) is 1. The zero-order valence-electron chi connectivity index (χ0n) is 16.3. The number of rotatable bonds is 7. The minimum absolute atomic E-state index is 0.107. The maximum Gasteiger partial charge on any atom is 0.260 e. The molecule has 1 aromatic carbocycles. The van der Waals surface area contributed by atoms with Gasteiger partial charge in [0.25, 0.3) is 5.95 Å². The van der Waals surface area contributed by atoms with Crippen molar-refractivity contribution in [1.82, 2.24) is 20.3 Å². The lowest BCUT2D eigenvalue weighted by Gasteiger charge is -2.45. The highest BCUT2D eigenvalue weighted by molar-refractivity contribution is 5.60. The summed E-state index contributed by atoms with van der Waals surface area (Å²) < 4.78 is 13.8. The Morgan fingerprint density at radius 3 is 2.81 bits per heavy atom. The van der Waals surface area contributed by atoms with E-state index in [2.05, 4.69) is 53.2 Å². The first kappa shape index (κ1) is 19.0. The molecule has 26 heavy (non-hydrogen) atoms. The number of hydrogen-bond acceptors (Lipinski definition) is 3. The van der Waals surface area contributed by atoms with E-state index in [0.29, 0.717) is 11.6 Å². The number of nitrogens with one attached hydrogen (secondary N) is 1. The molecule has 2 aromatic rings. The molecule has 0 amide bonds. The quantitative estimate of drug-likeness (QED) is 0.724. The van der Waals surface area contributed by atoms with E-state index in [4.69, 9.17) is 0 Å². The lowest BCUT2D eigenvalue weighted by molar-refractivity contribution is 0.109. The second-order valence-electron chi connectivity index (χ2n) is 7.97. The molecular weight excluding hydrogens is 327 g/mol. The van der Waals surface area contributed by atoms with Crippen LogP contribution in [0.3, 0.4) is 0 Å². The summed E-state index contributed by atoms with van der Waals surface area (Å²) >= 11 is 0. The van der Waals surface area contributed by atoms with Crippen LogP contribution < -0.4 is 0 Å². The third kappa shape index (κ3) is 3.98. The maximum atomic E-state index is 13.8. The summed E-state index contributed by atoms with van der Waals surface area (Å²) in [5, 5.41) is 9.83. The predicted molar refractivity (Wildman–Crippen MR) is 103 cm³/mol. The van der Waals surface area contributed by atoms with E-state index in [1.54, 1.807) is 0 Å². The van der Waals surface area contributed by atoms with Crippen LogP contribution in [0, 0.1) is 11.9 Å². The Balaban J connectivity index is 1.70. The van der Waals surface area contributed by atoms with Gasteiger partial charge in [0.15, 0.2) is 0 Å². The molecule has 4 nitrogen and oxygen atoms in total. The first-order valence-corrected chi connectivity index (χ1v) is 9.94. The van der Waals surface area contributed by atoms with E-state index in [0.717, 1.165) is 25.1 Å². The molecule has 2 unspecified atom stereocenters. The molecule has 2 heterocycles. The molecule has 1 aromatic heterocycles. The molecule has 142 valence electrons. The van der Waals surface area contributed by atoms with Crippen molar-refractivity contribution < 1.29 is 4.39 Å². The van der Waals surface area contributed by atoms with Crippen LogP contribution in [0.1, 0.15) is 58.4 Å². The molecule has 5 heteroatoms. The normalized spacial score (nSPS) is 24.1. The first-order valence-electron chi connectivity index (χ1n) is 9.94. The summed E-state index contributed by atoms with van der Waals surface area (Å²) in [6.07, 6.45) is 6.40. The number of nitrogens with zero attached hydrogens (tertiary/aromatic N) is 3. The molecule has 0 saturated carbocycles. The van der Waals surface area contributed by atoms with E-state index in [1.165, 1.54) is 37.8 Å². The molecule has 0 radical (unpaired) electrons. The van der Waals surface area contributed by atoms with Gasteiger partial charge in [-0.3, -0.25) is 0 Å². The highest BCUT2D eigenvalue weighted by Gasteiger charge is 2.38. The van der Waals surface area contributed by atoms with Gasteiger partial charge in [-0.25, -0.2) is 0 Å². The highest BCUT2D eigenvalue weighted by Crippen LogP contribution is 2.40. The van der Waals surface area contributed by atoms with Gasteiger partial charge in [0.1, 0.15) is 5.69 Å². The largest absolute Gasteiger partial charge is 0.303 e. The smallest absolute Gasteiger partial charge is 0.260 e. The third-order valence-electron chi connectivity index (χ3n) is 6.20. The first-order chi connectivity index (χ1) is 12.5. The van der Waals surface area contributed by atoms with Crippen LogP contribution in [0.5, 0.6) is 0 Å². The Morgan fingerprint density at radius 2 is 2.12 bits per heavy atom. The summed E-state index contributed by atoms with van der Waals surface area (Å²) in [4.78, 5) is 2.61. The number of halogens is 1. The molecular formula is C21H31FN4. The van der Waals surface area contributed by atoms with Gasteiger partial charge in [-0.2, -0.15) is 14.7 Å². The SMILES string of the molecule is CCCCCCN1CCC(C)(c2cccc(-c3n[nH]nc3F)c2)C(C)C1. The topological polar surface area (TPSA) is 44.8 Å².